The van der Waals surface area contributed by atoms with Gasteiger partial charge in [-0.15, -0.1) is 5.10 Å². The number of carbonyl (C=O) groups is 2. The first kappa shape index (κ1) is 9.44. The molecule has 1 N–H and O–H groups in total. The van der Waals surface area contributed by atoms with Crippen LogP contribution in [0.15, 0.2) is 6.20 Å². The molecule has 2 rings (SSSR count). The van der Waals surface area contributed by atoms with E-state index in [1.165, 1.54) is 15.8 Å². The van der Waals surface area contributed by atoms with Gasteiger partial charge < -0.3 is 9.84 Å². The highest BCUT2D eigenvalue weighted by molar-refractivity contribution is 5.84. The Bertz CT molecular complexity index is 401. The summed E-state index contributed by atoms with van der Waals surface area (Å²) < 4.78 is 5.97. The van der Waals surface area contributed by atoms with Gasteiger partial charge in [-0.1, -0.05) is 5.21 Å². The predicted octanol–water partition coefficient (Wildman–Crippen LogP) is -0.614. The van der Waals surface area contributed by atoms with Crippen molar-refractivity contribution in [2.75, 3.05) is 13.2 Å². The lowest BCUT2D eigenvalue weighted by Crippen LogP contribution is -2.27. The van der Waals surface area contributed by atoms with Crippen LogP contribution in [0.25, 0.3) is 0 Å². The zero-order valence-corrected chi connectivity index (χ0v) is 7.66. The molecule has 15 heavy (non-hydrogen) atoms. The second-order valence-corrected chi connectivity index (χ2v) is 2.97. The summed E-state index contributed by atoms with van der Waals surface area (Å²) in [4.78, 5) is 22.9. The molecule has 8 nitrogen and oxygen atoms in total. The molecule has 1 amide bonds. The summed E-state index contributed by atoms with van der Waals surface area (Å²) in [7, 11) is 0. The number of cyclic esters (lactones) is 1. The van der Waals surface area contributed by atoms with Gasteiger partial charge in [-0.25, -0.2) is 14.3 Å². The van der Waals surface area contributed by atoms with Crippen LogP contribution in [0, 0.1) is 0 Å². The zero-order valence-electron chi connectivity index (χ0n) is 7.66. The van der Waals surface area contributed by atoms with E-state index in [1.54, 1.807) is 0 Å². The lowest BCUT2D eigenvalue weighted by Gasteiger charge is -2.10. The minimum Gasteiger partial charge on any atom is -0.476 e. The largest absolute Gasteiger partial charge is 0.476 e. The molecule has 1 aromatic heterocycles. The van der Waals surface area contributed by atoms with Crippen molar-refractivity contribution in [2.45, 2.75) is 6.67 Å². The van der Waals surface area contributed by atoms with Crippen molar-refractivity contribution >= 4 is 12.1 Å². The number of hydrogen-bond acceptors (Lipinski definition) is 5. The fourth-order valence-electron chi connectivity index (χ4n) is 1.19. The summed E-state index contributed by atoms with van der Waals surface area (Å²) in [5.41, 5.74) is -0.150. The Morgan fingerprint density at radius 1 is 1.67 bits per heavy atom. The number of carboxylic acids is 1. The van der Waals surface area contributed by atoms with Crippen molar-refractivity contribution in [1.29, 1.82) is 0 Å². The van der Waals surface area contributed by atoms with E-state index in [9.17, 15) is 9.59 Å². The molecule has 2 heterocycles. The normalized spacial score (nSPS) is 15.5. The van der Waals surface area contributed by atoms with Gasteiger partial charge in [0.1, 0.15) is 13.3 Å². The Balaban J connectivity index is 2.04. The molecule has 0 spiro atoms. The van der Waals surface area contributed by atoms with E-state index in [1.807, 2.05) is 0 Å². The van der Waals surface area contributed by atoms with Crippen molar-refractivity contribution in [1.82, 2.24) is 19.9 Å². The maximum absolute atomic E-state index is 11.0. The average molecular weight is 212 g/mol. The number of carboxylic acid groups (broad SMARTS) is 1. The third-order valence-corrected chi connectivity index (χ3v) is 1.92. The molecule has 1 aliphatic rings. The Morgan fingerprint density at radius 2 is 2.47 bits per heavy atom. The van der Waals surface area contributed by atoms with Crippen molar-refractivity contribution in [3.63, 3.8) is 0 Å². The van der Waals surface area contributed by atoms with E-state index in [2.05, 4.69) is 10.3 Å². The fraction of sp³-hybridized carbons (Fsp3) is 0.429. The number of hydrogen-bond donors (Lipinski definition) is 1. The number of carbonyl (C=O) groups excluding carboxylic acids is 1. The molecule has 0 bridgehead atoms. The van der Waals surface area contributed by atoms with Crippen LogP contribution in [0.5, 0.6) is 0 Å². The van der Waals surface area contributed by atoms with Crippen LogP contribution in [0.2, 0.25) is 0 Å². The monoisotopic (exact) mass is 212 g/mol. The van der Waals surface area contributed by atoms with Gasteiger partial charge in [0.05, 0.1) is 12.7 Å². The molecule has 80 valence electrons. The molecule has 0 radical (unpaired) electrons. The third kappa shape index (κ3) is 1.87. The van der Waals surface area contributed by atoms with Crippen LogP contribution in [-0.4, -0.2) is 50.2 Å². The lowest BCUT2D eigenvalue weighted by atomic mass is 10.5. The molecule has 1 fully saturated rings. The highest BCUT2D eigenvalue weighted by atomic mass is 16.6. The molecule has 0 saturated carbocycles. The second-order valence-electron chi connectivity index (χ2n) is 2.97. The van der Waals surface area contributed by atoms with E-state index < -0.39 is 12.1 Å². The molecule has 8 heteroatoms. The van der Waals surface area contributed by atoms with E-state index >= 15 is 0 Å². The van der Waals surface area contributed by atoms with Gasteiger partial charge in [0.25, 0.3) is 0 Å². The lowest BCUT2D eigenvalue weighted by molar-refractivity contribution is 0.0690. The Morgan fingerprint density at radius 3 is 3.00 bits per heavy atom. The summed E-state index contributed by atoms with van der Waals surface area (Å²) >= 11 is 0. The van der Waals surface area contributed by atoms with Crippen LogP contribution >= 0.6 is 0 Å². The van der Waals surface area contributed by atoms with Crippen molar-refractivity contribution in [3.05, 3.63) is 11.9 Å². The van der Waals surface area contributed by atoms with Gasteiger partial charge in [0.15, 0.2) is 5.69 Å². The number of aromatic nitrogens is 3. The van der Waals surface area contributed by atoms with Gasteiger partial charge in [0.2, 0.25) is 0 Å². The minimum absolute atomic E-state index is 0.150. The van der Waals surface area contributed by atoms with E-state index in [4.69, 9.17) is 9.84 Å². The summed E-state index contributed by atoms with van der Waals surface area (Å²) in [5.74, 6) is -1.15. The van der Waals surface area contributed by atoms with E-state index in [0.717, 1.165) is 0 Å². The van der Waals surface area contributed by atoms with Gasteiger partial charge in [-0.05, 0) is 0 Å². The van der Waals surface area contributed by atoms with Crippen LogP contribution in [0.3, 0.4) is 0 Å². The number of nitrogens with zero attached hydrogens (tertiary/aromatic N) is 4. The summed E-state index contributed by atoms with van der Waals surface area (Å²) in [6.07, 6.45) is 0.830. The number of rotatable bonds is 3. The first-order valence-corrected chi connectivity index (χ1v) is 4.22. The van der Waals surface area contributed by atoms with Gasteiger partial charge >= 0.3 is 12.1 Å². The predicted molar refractivity (Wildman–Crippen MR) is 45.0 cm³/mol. The van der Waals surface area contributed by atoms with Gasteiger partial charge in [-0.3, -0.25) is 4.90 Å². The van der Waals surface area contributed by atoms with E-state index in [0.29, 0.717) is 13.2 Å². The van der Waals surface area contributed by atoms with Crippen molar-refractivity contribution in [2.24, 2.45) is 0 Å². The summed E-state index contributed by atoms with van der Waals surface area (Å²) in [5, 5.41) is 15.6. The van der Waals surface area contributed by atoms with Crippen LogP contribution in [0.4, 0.5) is 4.79 Å². The quantitative estimate of drug-likeness (QED) is 0.717. The topological polar surface area (TPSA) is 97.6 Å². The molecule has 0 aliphatic carbocycles. The van der Waals surface area contributed by atoms with Crippen molar-refractivity contribution in [3.8, 4) is 0 Å². The molecule has 1 saturated heterocycles. The maximum Gasteiger partial charge on any atom is 0.411 e. The molecule has 0 atom stereocenters. The van der Waals surface area contributed by atoms with Crippen molar-refractivity contribution < 1.29 is 19.4 Å². The molecule has 0 unspecified atom stereocenters. The Labute approximate surface area is 84.0 Å². The second kappa shape index (κ2) is 3.56. The molecule has 1 aliphatic heterocycles. The fourth-order valence-corrected chi connectivity index (χ4v) is 1.19. The SMILES string of the molecule is O=C(O)c1cn(CN2CCOC2=O)nn1. The molecular weight excluding hydrogens is 204 g/mol. The van der Waals surface area contributed by atoms with E-state index in [-0.39, 0.29) is 12.4 Å². The van der Waals surface area contributed by atoms with Crippen LogP contribution in [-0.2, 0) is 11.4 Å². The zero-order chi connectivity index (χ0) is 10.8. The molecule has 0 aromatic carbocycles. The highest BCUT2D eigenvalue weighted by Crippen LogP contribution is 2.04. The van der Waals surface area contributed by atoms with Crippen LogP contribution < -0.4 is 0 Å². The summed E-state index contributed by atoms with van der Waals surface area (Å²) in [6, 6.07) is 0. The Kier molecular flexibility index (Phi) is 2.24. The third-order valence-electron chi connectivity index (χ3n) is 1.92. The van der Waals surface area contributed by atoms with Crippen LogP contribution in [0.1, 0.15) is 10.5 Å². The number of aromatic carboxylic acids is 1. The van der Waals surface area contributed by atoms with Gasteiger partial charge in [-0.2, -0.15) is 0 Å². The number of ether oxygens (including phenoxy) is 1. The smallest absolute Gasteiger partial charge is 0.411 e. The van der Waals surface area contributed by atoms with Gasteiger partial charge in [0, 0.05) is 0 Å². The highest BCUT2D eigenvalue weighted by Gasteiger charge is 2.22. The first-order valence-electron chi connectivity index (χ1n) is 4.22. The Hall–Kier alpha value is -2.12. The number of amides is 1. The first-order chi connectivity index (χ1) is 7.16. The minimum atomic E-state index is -1.15. The molecule has 1 aromatic rings. The standard InChI is InChI=1S/C7H8N4O4/c12-6(13)5-3-11(9-8-5)4-10-1-2-15-7(10)14/h3H,1-2,4H2,(H,12,13). The summed E-state index contributed by atoms with van der Waals surface area (Å²) in [6.45, 7) is 0.972. The molecular formula is C7H8N4O4. The maximum atomic E-state index is 11.0. The average Bonchev–Trinajstić information content (AvgIpc) is 2.77.